The topological polar surface area (TPSA) is 21.7 Å². The minimum Gasteiger partial charge on any atom is -0.347 e. The molecule has 2 fully saturated rings. The molecule has 0 N–H and O–H groups in total. The van der Waals surface area contributed by atoms with Crippen LogP contribution >= 0.6 is 0 Å². The molecule has 0 amide bonds. The lowest BCUT2D eigenvalue weighted by Gasteiger charge is -2.44. The van der Waals surface area contributed by atoms with Gasteiger partial charge in [0.25, 0.3) is 0 Å². The fraction of sp³-hybridized carbons (Fsp3) is 0.909. The first kappa shape index (κ1) is 20.9. The molecule has 2 rings (SSSR count). The van der Waals surface area contributed by atoms with Crippen LogP contribution < -0.4 is 0 Å². The SMILES string of the molecule is C=C(C)CN(CC)CCC1COC2(CCC(C(C)(C)C(C)C)CC2)O1. The summed E-state index contributed by atoms with van der Waals surface area (Å²) in [6.07, 6.45) is 5.91. The van der Waals surface area contributed by atoms with Gasteiger partial charge >= 0.3 is 0 Å². The molecule has 1 aliphatic carbocycles. The lowest BCUT2D eigenvalue weighted by molar-refractivity contribution is -0.198. The van der Waals surface area contributed by atoms with Crippen molar-refractivity contribution in [2.45, 2.75) is 85.5 Å². The van der Waals surface area contributed by atoms with Crippen LogP contribution in [-0.4, -0.2) is 43.0 Å². The number of likely N-dealkylation sites (N-methyl/N-ethyl adjacent to an activating group) is 1. The molecule has 1 aliphatic heterocycles. The van der Waals surface area contributed by atoms with Gasteiger partial charge in [-0.3, -0.25) is 4.90 Å². The van der Waals surface area contributed by atoms with Crippen molar-refractivity contribution in [1.82, 2.24) is 4.90 Å². The molecule has 3 nitrogen and oxygen atoms in total. The summed E-state index contributed by atoms with van der Waals surface area (Å²) in [7, 11) is 0. The van der Waals surface area contributed by atoms with Crippen LogP contribution in [0.1, 0.15) is 73.6 Å². The van der Waals surface area contributed by atoms with E-state index in [1.807, 2.05) is 0 Å². The van der Waals surface area contributed by atoms with Gasteiger partial charge < -0.3 is 9.47 Å². The highest BCUT2D eigenvalue weighted by atomic mass is 16.7. The molecule has 0 bridgehead atoms. The molecule has 2 aliphatic rings. The largest absolute Gasteiger partial charge is 0.347 e. The zero-order valence-corrected chi connectivity index (χ0v) is 17.6. The number of hydrogen-bond acceptors (Lipinski definition) is 3. The molecule has 25 heavy (non-hydrogen) atoms. The summed E-state index contributed by atoms with van der Waals surface area (Å²) in [6, 6.07) is 0. The maximum Gasteiger partial charge on any atom is 0.168 e. The Bertz CT molecular complexity index is 435. The molecule has 1 heterocycles. The van der Waals surface area contributed by atoms with Gasteiger partial charge in [0.2, 0.25) is 0 Å². The Balaban J connectivity index is 1.80. The minimum atomic E-state index is -0.278. The molecule has 146 valence electrons. The Hall–Kier alpha value is -0.380. The first-order chi connectivity index (χ1) is 11.7. The van der Waals surface area contributed by atoms with Crippen molar-refractivity contribution >= 4 is 0 Å². The fourth-order valence-electron chi connectivity index (χ4n) is 4.35. The maximum absolute atomic E-state index is 6.44. The molecule has 1 unspecified atom stereocenters. The van der Waals surface area contributed by atoms with Gasteiger partial charge in [-0.1, -0.05) is 46.8 Å². The van der Waals surface area contributed by atoms with Crippen LogP contribution in [0.4, 0.5) is 0 Å². The zero-order valence-electron chi connectivity index (χ0n) is 17.6. The van der Waals surface area contributed by atoms with E-state index in [0.29, 0.717) is 5.41 Å². The molecule has 0 aromatic rings. The Morgan fingerprint density at radius 3 is 2.44 bits per heavy atom. The molecule has 1 saturated heterocycles. The smallest absolute Gasteiger partial charge is 0.168 e. The highest BCUT2D eigenvalue weighted by Gasteiger charge is 2.46. The van der Waals surface area contributed by atoms with Crippen molar-refractivity contribution in [2.24, 2.45) is 17.3 Å². The third-order valence-electron chi connectivity index (χ3n) is 6.91. The Morgan fingerprint density at radius 2 is 1.92 bits per heavy atom. The molecule has 0 radical (unpaired) electrons. The van der Waals surface area contributed by atoms with Crippen molar-refractivity contribution in [3.63, 3.8) is 0 Å². The molecular formula is C22H41NO2. The van der Waals surface area contributed by atoms with Crippen LogP contribution in [0.2, 0.25) is 0 Å². The normalized spacial score (nSPS) is 30.6. The molecule has 0 aromatic carbocycles. The molecule has 1 atom stereocenters. The van der Waals surface area contributed by atoms with E-state index >= 15 is 0 Å². The van der Waals surface area contributed by atoms with E-state index in [0.717, 1.165) is 57.3 Å². The van der Waals surface area contributed by atoms with Gasteiger partial charge in [-0.15, -0.1) is 0 Å². The van der Waals surface area contributed by atoms with E-state index in [4.69, 9.17) is 9.47 Å². The van der Waals surface area contributed by atoms with Gasteiger partial charge in [-0.05, 0) is 50.0 Å². The summed E-state index contributed by atoms with van der Waals surface area (Å²) in [6.45, 7) is 21.8. The number of hydrogen-bond donors (Lipinski definition) is 0. The third-order valence-corrected chi connectivity index (χ3v) is 6.91. The van der Waals surface area contributed by atoms with Gasteiger partial charge in [-0.2, -0.15) is 0 Å². The quantitative estimate of drug-likeness (QED) is 0.557. The second-order valence-corrected chi connectivity index (χ2v) is 9.33. The Kier molecular flexibility index (Phi) is 7.15. The van der Waals surface area contributed by atoms with Crippen LogP contribution in [0.3, 0.4) is 0 Å². The van der Waals surface area contributed by atoms with Crippen LogP contribution in [0.25, 0.3) is 0 Å². The van der Waals surface area contributed by atoms with E-state index in [2.05, 4.69) is 53.0 Å². The standard InChI is InChI=1S/C22H41NO2/c1-8-23(15-17(2)3)14-11-20-16-24-22(25-20)12-9-19(10-13-22)21(6,7)18(4)5/h18-20H,2,8-16H2,1,3-7H3. The lowest BCUT2D eigenvalue weighted by Crippen LogP contribution is -2.41. The highest BCUT2D eigenvalue weighted by molar-refractivity contribution is 4.93. The van der Waals surface area contributed by atoms with Crippen LogP contribution in [0, 0.1) is 17.3 Å². The van der Waals surface area contributed by atoms with E-state index in [-0.39, 0.29) is 11.9 Å². The average Bonchev–Trinajstić information content (AvgIpc) is 2.94. The summed E-state index contributed by atoms with van der Waals surface area (Å²) in [5, 5.41) is 0. The second-order valence-electron chi connectivity index (χ2n) is 9.33. The first-order valence-corrected chi connectivity index (χ1v) is 10.4. The Labute approximate surface area is 156 Å². The minimum absolute atomic E-state index is 0.258. The van der Waals surface area contributed by atoms with Gasteiger partial charge in [0, 0.05) is 25.9 Å². The summed E-state index contributed by atoms with van der Waals surface area (Å²) in [4.78, 5) is 2.44. The van der Waals surface area contributed by atoms with Crippen molar-refractivity contribution < 1.29 is 9.47 Å². The lowest BCUT2D eigenvalue weighted by atomic mass is 9.64. The number of ether oxygens (including phenoxy) is 2. The van der Waals surface area contributed by atoms with Crippen LogP contribution in [0.5, 0.6) is 0 Å². The van der Waals surface area contributed by atoms with Crippen molar-refractivity contribution in [1.29, 1.82) is 0 Å². The summed E-state index contributed by atoms with van der Waals surface area (Å²) < 4.78 is 12.6. The van der Waals surface area contributed by atoms with E-state index < -0.39 is 0 Å². The van der Waals surface area contributed by atoms with Gasteiger partial charge in [0.05, 0.1) is 12.7 Å². The van der Waals surface area contributed by atoms with Gasteiger partial charge in [0.1, 0.15) is 0 Å². The fourth-order valence-corrected chi connectivity index (χ4v) is 4.35. The number of rotatable bonds is 8. The van der Waals surface area contributed by atoms with E-state index in [1.165, 1.54) is 18.4 Å². The monoisotopic (exact) mass is 351 g/mol. The van der Waals surface area contributed by atoms with Crippen LogP contribution in [0.15, 0.2) is 12.2 Å². The molecule has 1 saturated carbocycles. The second kappa shape index (κ2) is 8.54. The molecule has 3 heteroatoms. The van der Waals surface area contributed by atoms with Gasteiger partial charge in [-0.25, -0.2) is 0 Å². The van der Waals surface area contributed by atoms with Crippen molar-refractivity contribution in [3.05, 3.63) is 12.2 Å². The number of nitrogens with zero attached hydrogens (tertiary/aromatic N) is 1. The predicted octanol–water partition coefficient (Wildman–Crippen LogP) is 5.26. The third kappa shape index (κ3) is 5.30. The van der Waals surface area contributed by atoms with E-state index in [9.17, 15) is 0 Å². The summed E-state index contributed by atoms with van der Waals surface area (Å²) >= 11 is 0. The molecular weight excluding hydrogens is 310 g/mol. The molecule has 0 aromatic heterocycles. The first-order valence-electron chi connectivity index (χ1n) is 10.4. The summed E-state index contributed by atoms with van der Waals surface area (Å²) in [5.74, 6) is 1.23. The van der Waals surface area contributed by atoms with Crippen molar-refractivity contribution in [2.75, 3.05) is 26.2 Å². The highest BCUT2D eigenvalue weighted by Crippen LogP contribution is 2.48. The zero-order chi connectivity index (χ0) is 18.7. The Morgan fingerprint density at radius 1 is 1.28 bits per heavy atom. The van der Waals surface area contributed by atoms with E-state index in [1.54, 1.807) is 0 Å². The van der Waals surface area contributed by atoms with Gasteiger partial charge in [0.15, 0.2) is 5.79 Å². The van der Waals surface area contributed by atoms with Crippen molar-refractivity contribution in [3.8, 4) is 0 Å². The van der Waals surface area contributed by atoms with Crippen LogP contribution in [-0.2, 0) is 9.47 Å². The summed E-state index contributed by atoms with van der Waals surface area (Å²) in [5.41, 5.74) is 1.64. The average molecular weight is 352 g/mol. The molecule has 1 spiro atoms. The maximum atomic E-state index is 6.44. The predicted molar refractivity (Wildman–Crippen MR) is 106 cm³/mol.